The van der Waals surface area contributed by atoms with Gasteiger partial charge in [0.05, 0.1) is 12.7 Å². The van der Waals surface area contributed by atoms with Crippen LogP contribution in [0.1, 0.15) is 38.5 Å². The minimum atomic E-state index is -0.0479. The van der Waals surface area contributed by atoms with Gasteiger partial charge in [0, 0.05) is 13.1 Å². The van der Waals surface area contributed by atoms with Crippen molar-refractivity contribution in [2.45, 2.75) is 44.6 Å². The number of phenolic OH excluding ortho intramolecular Hbond substituents is 1. The first kappa shape index (κ1) is 17.1. The molecule has 1 aliphatic heterocycles. The minimum absolute atomic E-state index is 0.0461. The van der Waals surface area contributed by atoms with E-state index in [-0.39, 0.29) is 24.4 Å². The summed E-state index contributed by atoms with van der Waals surface area (Å²) in [5, 5.41) is 9.69. The average Bonchev–Trinajstić information content (AvgIpc) is 2.62. The van der Waals surface area contributed by atoms with Crippen LogP contribution in [0.15, 0.2) is 24.3 Å². The molecule has 1 aliphatic carbocycles. The van der Waals surface area contributed by atoms with Gasteiger partial charge in [0.1, 0.15) is 0 Å². The third-order valence-corrected chi connectivity index (χ3v) is 5.03. The van der Waals surface area contributed by atoms with Crippen LogP contribution in [0.3, 0.4) is 0 Å². The van der Waals surface area contributed by atoms with E-state index in [0.29, 0.717) is 25.4 Å². The Kier molecular flexibility index (Phi) is 5.96. The molecule has 0 aromatic heterocycles. The number of ether oxygens (including phenoxy) is 2. The molecule has 3 rings (SSSR count). The molecule has 0 radical (unpaired) electrons. The summed E-state index contributed by atoms with van der Waals surface area (Å²) in [7, 11) is 0. The van der Waals surface area contributed by atoms with E-state index < -0.39 is 0 Å². The maximum Gasteiger partial charge on any atom is 0.260 e. The summed E-state index contributed by atoms with van der Waals surface area (Å²) in [6.07, 6.45) is 7.81. The van der Waals surface area contributed by atoms with Crippen molar-refractivity contribution >= 4 is 5.91 Å². The van der Waals surface area contributed by atoms with E-state index in [1.165, 1.54) is 32.1 Å². The molecule has 0 spiro atoms. The first-order valence-electron chi connectivity index (χ1n) is 9.02. The van der Waals surface area contributed by atoms with E-state index in [4.69, 9.17) is 9.47 Å². The van der Waals surface area contributed by atoms with Crippen LogP contribution in [0.25, 0.3) is 0 Å². The monoisotopic (exact) mass is 333 g/mol. The predicted octanol–water partition coefficient (Wildman–Crippen LogP) is 2.97. The highest BCUT2D eigenvalue weighted by atomic mass is 16.5. The van der Waals surface area contributed by atoms with Crippen LogP contribution in [0, 0.1) is 5.92 Å². The zero-order chi connectivity index (χ0) is 16.8. The lowest BCUT2D eigenvalue weighted by molar-refractivity contribution is -0.141. The standard InChI is InChI=1S/C19H27NO4/c21-17-8-4-5-9-18(17)24-14-19(22)20-10-11-23-16(13-20)12-15-6-2-1-3-7-15/h4-5,8-9,15-16,21H,1-3,6-7,10-14H2/t16-/m0/s1. The molecule has 1 aromatic carbocycles. The highest BCUT2D eigenvalue weighted by Crippen LogP contribution is 2.29. The van der Waals surface area contributed by atoms with Crippen molar-refractivity contribution in [3.05, 3.63) is 24.3 Å². The van der Waals surface area contributed by atoms with Gasteiger partial charge in [-0.3, -0.25) is 4.79 Å². The molecule has 132 valence electrons. The summed E-state index contributed by atoms with van der Waals surface area (Å²) in [4.78, 5) is 14.2. The molecule has 1 aromatic rings. The first-order valence-corrected chi connectivity index (χ1v) is 9.02. The summed E-state index contributed by atoms with van der Waals surface area (Å²) >= 11 is 0. The molecule has 1 N–H and O–H groups in total. The van der Waals surface area contributed by atoms with Gasteiger partial charge in [0.15, 0.2) is 18.1 Å². The smallest absolute Gasteiger partial charge is 0.260 e. The third-order valence-electron chi connectivity index (χ3n) is 5.03. The van der Waals surface area contributed by atoms with Gasteiger partial charge in [-0.2, -0.15) is 0 Å². The maximum absolute atomic E-state index is 12.4. The van der Waals surface area contributed by atoms with Crippen LogP contribution >= 0.6 is 0 Å². The lowest BCUT2D eigenvalue weighted by Gasteiger charge is -2.35. The quantitative estimate of drug-likeness (QED) is 0.900. The predicted molar refractivity (Wildman–Crippen MR) is 91.1 cm³/mol. The molecule has 5 heteroatoms. The molecule has 5 nitrogen and oxygen atoms in total. The van der Waals surface area contributed by atoms with Crippen LogP contribution < -0.4 is 4.74 Å². The number of amides is 1. The summed E-state index contributed by atoms with van der Waals surface area (Å²) in [6, 6.07) is 6.71. The normalized spacial score (nSPS) is 22.3. The number of hydrogen-bond acceptors (Lipinski definition) is 4. The summed E-state index contributed by atoms with van der Waals surface area (Å²) < 4.78 is 11.3. The SMILES string of the molecule is O=C(COc1ccccc1O)N1CCO[C@@H](CC2CCCCC2)C1. The molecule has 1 heterocycles. The maximum atomic E-state index is 12.4. The molecule has 1 saturated heterocycles. The molecule has 2 aliphatic rings. The van der Waals surface area contributed by atoms with Crippen molar-refractivity contribution in [3.63, 3.8) is 0 Å². The van der Waals surface area contributed by atoms with Crippen molar-refractivity contribution in [3.8, 4) is 11.5 Å². The van der Waals surface area contributed by atoms with E-state index in [9.17, 15) is 9.90 Å². The van der Waals surface area contributed by atoms with Gasteiger partial charge in [-0.05, 0) is 24.5 Å². The first-order chi connectivity index (χ1) is 11.7. The summed E-state index contributed by atoms with van der Waals surface area (Å²) in [5.74, 6) is 1.10. The molecule has 1 saturated carbocycles. The largest absolute Gasteiger partial charge is 0.504 e. The van der Waals surface area contributed by atoms with Crippen molar-refractivity contribution in [2.24, 2.45) is 5.92 Å². The van der Waals surface area contributed by atoms with Crippen molar-refractivity contribution in [2.75, 3.05) is 26.3 Å². The zero-order valence-corrected chi connectivity index (χ0v) is 14.2. The van der Waals surface area contributed by atoms with Gasteiger partial charge in [0.25, 0.3) is 5.91 Å². The second-order valence-corrected chi connectivity index (χ2v) is 6.83. The average molecular weight is 333 g/mol. The Hall–Kier alpha value is -1.75. The number of carbonyl (C=O) groups excluding carboxylic acids is 1. The number of rotatable bonds is 5. The summed E-state index contributed by atoms with van der Waals surface area (Å²) in [6.45, 7) is 1.82. The van der Waals surface area contributed by atoms with Crippen LogP contribution in [0.5, 0.6) is 11.5 Å². The Morgan fingerprint density at radius 3 is 2.83 bits per heavy atom. The van der Waals surface area contributed by atoms with Crippen LogP contribution in [0.4, 0.5) is 0 Å². The van der Waals surface area contributed by atoms with Gasteiger partial charge in [-0.15, -0.1) is 0 Å². The van der Waals surface area contributed by atoms with Crippen LogP contribution in [0.2, 0.25) is 0 Å². The van der Waals surface area contributed by atoms with Crippen molar-refractivity contribution in [1.29, 1.82) is 0 Å². The lowest BCUT2D eigenvalue weighted by atomic mass is 9.85. The van der Waals surface area contributed by atoms with E-state index >= 15 is 0 Å². The second kappa shape index (κ2) is 8.38. The second-order valence-electron chi connectivity index (χ2n) is 6.83. The molecular weight excluding hydrogens is 306 g/mol. The lowest BCUT2D eigenvalue weighted by Crippen LogP contribution is -2.47. The Labute approximate surface area is 143 Å². The van der Waals surface area contributed by atoms with Gasteiger partial charge < -0.3 is 19.5 Å². The topological polar surface area (TPSA) is 59.0 Å². The number of phenols is 1. The fraction of sp³-hybridized carbons (Fsp3) is 0.632. The number of nitrogens with zero attached hydrogens (tertiary/aromatic N) is 1. The summed E-state index contributed by atoms with van der Waals surface area (Å²) in [5.41, 5.74) is 0. The van der Waals surface area contributed by atoms with Gasteiger partial charge in [-0.1, -0.05) is 44.2 Å². The fourth-order valence-electron chi connectivity index (χ4n) is 3.69. The van der Waals surface area contributed by atoms with Crippen LogP contribution in [-0.4, -0.2) is 48.3 Å². The number of aromatic hydroxyl groups is 1. The number of benzene rings is 1. The fourth-order valence-corrected chi connectivity index (χ4v) is 3.69. The molecular formula is C19H27NO4. The Balaban J connectivity index is 1.46. The number of carbonyl (C=O) groups is 1. The Bertz CT molecular complexity index is 542. The molecule has 2 fully saturated rings. The van der Waals surface area contributed by atoms with E-state index in [1.54, 1.807) is 24.3 Å². The molecule has 0 unspecified atom stereocenters. The van der Waals surface area contributed by atoms with Gasteiger partial charge in [0.2, 0.25) is 0 Å². The molecule has 24 heavy (non-hydrogen) atoms. The highest BCUT2D eigenvalue weighted by molar-refractivity contribution is 5.78. The molecule has 1 atom stereocenters. The van der Waals surface area contributed by atoms with Crippen LogP contribution in [-0.2, 0) is 9.53 Å². The highest BCUT2D eigenvalue weighted by Gasteiger charge is 2.27. The van der Waals surface area contributed by atoms with E-state index in [1.807, 2.05) is 4.90 Å². The van der Waals surface area contributed by atoms with Crippen molar-refractivity contribution in [1.82, 2.24) is 4.90 Å². The minimum Gasteiger partial charge on any atom is -0.504 e. The van der Waals surface area contributed by atoms with Gasteiger partial charge in [-0.25, -0.2) is 0 Å². The molecule has 0 bridgehead atoms. The number of hydrogen-bond donors (Lipinski definition) is 1. The Morgan fingerprint density at radius 1 is 1.25 bits per heavy atom. The zero-order valence-electron chi connectivity index (χ0n) is 14.2. The third kappa shape index (κ3) is 4.63. The van der Waals surface area contributed by atoms with Gasteiger partial charge >= 0.3 is 0 Å². The Morgan fingerprint density at radius 2 is 2.04 bits per heavy atom. The van der Waals surface area contributed by atoms with E-state index in [2.05, 4.69) is 0 Å². The number of morpholine rings is 1. The number of para-hydroxylation sites is 2. The molecule has 1 amide bonds. The van der Waals surface area contributed by atoms with E-state index in [0.717, 1.165) is 12.3 Å². The van der Waals surface area contributed by atoms with Crippen molar-refractivity contribution < 1.29 is 19.4 Å².